The molecule has 0 saturated carbocycles. The summed E-state index contributed by atoms with van der Waals surface area (Å²) in [6, 6.07) is 0. The Morgan fingerprint density at radius 3 is 3.00 bits per heavy atom. The zero-order valence-electron chi connectivity index (χ0n) is 7.29. The minimum atomic E-state index is -0.0981. The van der Waals surface area contributed by atoms with E-state index in [1.807, 2.05) is 0 Å². The van der Waals surface area contributed by atoms with E-state index < -0.39 is 0 Å². The summed E-state index contributed by atoms with van der Waals surface area (Å²) in [4.78, 5) is 10.9. The maximum Gasteiger partial charge on any atom is 0.308 e. The van der Waals surface area contributed by atoms with Crippen LogP contribution in [0.1, 0.15) is 32.6 Å². The largest absolute Gasteiger partial charge is 0.460 e. The predicted molar refractivity (Wildman–Crippen MR) is 42.7 cm³/mol. The van der Waals surface area contributed by atoms with Gasteiger partial charge < -0.3 is 9.47 Å². The zero-order valence-corrected chi connectivity index (χ0v) is 7.29. The van der Waals surface area contributed by atoms with Crippen LogP contribution in [0.15, 0.2) is 0 Å². The van der Waals surface area contributed by atoms with Crippen molar-refractivity contribution in [3.05, 3.63) is 0 Å². The Hall–Kier alpha value is -0.570. The number of ether oxygens (including phenoxy) is 2. The van der Waals surface area contributed by atoms with Gasteiger partial charge >= 0.3 is 5.97 Å². The highest BCUT2D eigenvalue weighted by Gasteiger charge is 2.37. The van der Waals surface area contributed by atoms with Gasteiger partial charge in [-0.05, 0) is 26.2 Å². The molecule has 0 aliphatic carbocycles. The molecule has 12 heavy (non-hydrogen) atoms. The van der Waals surface area contributed by atoms with Crippen molar-refractivity contribution in [1.29, 1.82) is 0 Å². The number of carbonyl (C=O) groups excluding carboxylic acids is 1. The first-order chi connectivity index (χ1) is 5.75. The van der Waals surface area contributed by atoms with Crippen LogP contribution in [-0.2, 0) is 14.3 Å². The molecule has 0 aromatic rings. The van der Waals surface area contributed by atoms with E-state index in [0.717, 1.165) is 19.3 Å². The molecule has 2 aliphatic rings. The fraction of sp³-hybridized carbons (Fsp3) is 0.889. The summed E-state index contributed by atoms with van der Waals surface area (Å²) in [5.41, 5.74) is 0. The molecule has 0 aromatic heterocycles. The fourth-order valence-electron chi connectivity index (χ4n) is 1.94. The number of carbonyl (C=O) groups is 1. The van der Waals surface area contributed by atoms with Gasteiger partial charge in [-0.1, -0.05) is 0 Å². The summed E-state index contributed by atoms with van der Waals surface area (Å²) in [5.74, 6) is -0.0981. The van der Waals surface area contributed by atoms with Crippen molar-refractivity contribution in [1.82, 2.24) is 0 Å². The van der Waals surface area contributed by atoms with Gasteiger partial charge in [-0.3, -0.25) is 4.79 Å². The monoisotopic (exact) mass is 170 g/mol. The number of esters is 1. The van der Waals surface area contributed by atoms with Crippen LogP contribution in [0.3, 0.4) is 0 Å². The normalized spacial score (nSPS) is 41.8. The molecule has 0 spiro atoms. The lowest BCUT2D eigenvalue weighted by atomic mass is 10.1. The summed E-state index contributed by atoms with van der Waals surface area (Å²) in [7, 11) is 0. The van der Waals surface area contributed by atoms with Crippen molar-refractivity contribution in [2.45, 2.75) is 50.9 Å². The second kappa shape index (κ2) is 3.05. The molecule has 0 aromatic carbocycles. The maximum atomic E-state index is 10.9. The standard InChI is InChI=1S/C9H14O3/c1-6-3-2-4-7-8(11-6)5-9(10)12-7/h6-8H,2-5H2,1H3/t6-,7+,8+/m0/s1. The molecular weight excluding hydrogens is 156 g/mol. The summed E-state index contributed by atoms with van der Waals surface area (Å²) in [6.45, 7) is 2.06. The van der Waals surface area contributed by atoms with Gasteiger partial charge in [-0.2, -0.15) is 0 Å². The summed E-state index contributed by atoms with van der Waals surface area (Å²) in [5, 5.41) is 0. The molecule has 2 saturated heterocycles. The molecule has 3 nitrogen and oxygen atoms in total. The highest BCUT2D eigenvalue weighted by Crippen LogP contribution is 2.28. The molecule has 0 amide bonds. The fourth-order valence-corrected chi connectivity index (χ4v) is 1.94. The van der Waals surface area contributed by atoms with Gasteiger partial charge in [0, 0.05) is 0 Å². The highest BCUT2D eigenvalue weighted by molar-refractivity contribution is 5.72. The molecule has 68 valence electrons. The van der Waals surface area contributed by atoms with Gasteiger partial charge in [0.15, 0.2) is 0 Å². The maximum absolute atomic E-state index is 10.9. The number of hydrogen-bond acceptors (Lipinski definition) is 3. The van der Waals surface area contributed by atoms with Gasteiger partial charge in [-0.25, -0.2) is 0 Å². The van der Waals surface area contributed by atoms with Crippen LogP contribution in [0, 0.1) is 0 Å². The van der Waals surface area contributed by atoms with Crippen molar-refractivity contribution in [2.24, 2.45) is 0 Å². The Morgan fingerprint density at radius 1 is 1.33 bits per heavy atom. The molecule has 0 unspecified atom stereocenters. The molecule has 2 aliphatic heterocycles. The van der Waals surface area contributed by atoms with Gasteiger partial charge in [-0.15, -0.1) is 0 Å². The van der Waals surface area contributed by atoms with Crippen molar-refractivity contribution < 1.29 is 14.3 Å². The van der Waals surface area contributed by atoms with Crippen LogP contribution < -0.4 is 0 Å². The van der Waals surface area contributed by atoms with E-state index in [0.29, 0.717) is 6.42 Å². The third-order valence-electron chi connectivity index (χ3n) is 2.57. The van der Waals surface area contributed by atoms with Crippen LogP contribution in [-0.4, -0.2) is 24.3 Å². The van der Waals surface area contributed by atoms with E-state index in [1.54, 1.807) is 0 Å². The molecule has 3 heteroatoms. The number of rotatable bonds is 0. The molecule has 2 heterocycles. The van der Waals surface area contributed by atoms with Gasteiger partial charge in [0.25, 0.3) is 0 Å². The molecule has 2 rings (SSSR count). The van der Waals surface area contributed by atoms with E-state index in [9.17, 15) is 4.79 Å². The molecule has 0 bridgehead atoms. The van der Waals surface area contributed by atoms with E-state index in [1.165, 1.54) is 0 Å². The Balaban J connectivity index is 2.03. The Bertz CT molecular complexity index is 190. The SMILES string of the molecule is C[C@H]1CCC[C@H]2OC(=O)C[C@H]2O1. The summed E-state index contributed by atoms with van der Waals surface area (Å²) >= 11 is 0. The van der Waals surface area contributed by atoms with Crippen molar-refractivity contribution in [3.8, 4) is 0 Å². The number of hydrogen-bond donors (Lipinski definition) is 0. The second-order valence-corrected chi connectivity index (χ2v) is 3.65. The minimum Gasteiger partial charge on any atom is -0.460 e. The predicted octanol–water partition coefficient (Wildman–Crippen LogP) is 1.26. The third-order valence-corrected chi connectivity index (χ3v) is 2.57. The first-order valence-corrected chi connectivity index (χ1v) is 4.60. The van der Waals surface area contributed by atoms with Crippen LogP contribution in [0.4, 0.5) is 0 Å². The average Bonchev–Trinajstić information content (AvgIpc) is 2.23. The van der Waals surface area contributed by atoms with Crippen LogP contribution in [0.5, 0.6) is 0 Å². The van der Waals surface area contributed by atoms with Crippen molar-refractivity contribution in [3.63, 3.8) is 0 Å². The number of fused-ring (bicyclic) bond motifs is 1. The minimum absolute atomic E-state index is 0.0370. The second-order valence-electron chi connectivity index (χ2n) is 3.65. The van der Waals surface area contributed by atoms with Crippen molar-refractivity contribution >= 4 is 5.97 Å². The smallest absolute Gasteiger partial charge is 0.308 e. The van der Waals surface area contributed by atoms with Gasteiger partial charge in [0.05, 0.1) is 12.5 Å². The van der Waals surface area contributed by atoms with Gasteiger partial charge in [0.1, 0.15) is 12.2 Å². The highest BCUT2D eigenvalue weighted by atomic mass is 16.6. The van der Waals surface area contributed by atoms with E-state index in [4.69, 9.17) is 9.47 Å². The van der Waals surface area contributed by atoms with Crippen LogP contribution in [0.2, 0.25) is 0 Å². The summed E-state index contributed by atoms with van der Waals surface area (Å²) < 4.78 is 10.8. The molecule has 0 radical (unpaired) electrons. The lowest BCUT2D eigenvalue weighted by Gasteiger charge is -2.16. The summed E-state index contributed by atoms with van der Waals surface area (Å²) in [6.07, 6.45) is 3.99. The molecule has 3 atom stereocenters. The zero-order chi connectivity index (χ0) is 8.55. The first-order valence-electron chi connectivity index (χ1n) is 4.60. The average molecular weight is 170 g/mol. The molecular formula is C9H14O3. The van der Waals surface area contributed by atoms with Crippen molar-refractivity contribution in [2.75, 3.05) is 0 Å². The van der Waals surface area contributed by atoms with Gasteiger partial charge in [0.2, 0.25) is 0 Å². The quantitative estimate of drug-likeness (QED) is 0.513. The Labute approximate surface area is 72.0 Å². The van der Waals surface area contributed by atoms with E-state index in [-0.39, 0.29) is 24.3 Å². The van der Waals surface area contributed by atoms with E-state index in [2.05, 4.69) is 6.92 Å². The molecule has 0 N–H and O–H groups in total. The lowest BCUT2D eigenvalue weighted by Crippen LogP contribution is -2.24. The lowest BCUT2D eigenvalue weighted by molar-refractivity contribution is -0.141. The third kappa shape index (κ3) is 1.46. The Morgan fingerprint density at radius 2 is 2.17 bits per heavy atom. The molecule has 2 fully saturated rings. The Kier molecular flexibility index (Phi) is 2.05. The van der Waals surface area contributed by atoms with Crippen LogP contribution >= 0.6 is 0 Å². The van der Waals surface area contributed by atoms with E-state index >= 15 is 0 Å². The first kappa shape index (κ1) is 8.05. The van der Waals surface area contributed by atoms with Crippen LogP contribution in [0.25, 0.3) is 0 Å². The topological polar surface area (TPSA) is 35.5 Å².